The van der Waals surface area contributed by atoms with E-state index in [1.54, 1.807) is 4.90 Å². The molecule has 1 aromatic carbocycles. The number of likely N-dealkylation sites (tertiary alicyclic amines) is 1. The van der Waals surface area contributed by atoms with Crippen LogP contribution in [0.4, 0.5) is 10.5 Å². The van der Waals surface area contributed by atoms with Crippen LogP contribution in [0.15, 0.2) is 28.7 Å². The van der Waals surface area contributed by atoms with Crippen LogP contribution >= 0.6 is 15.9 Å². The van der Waals surface area contributed by atoms with E-state index in [4.69, 9.17) is 5.11 Å². The Kier molecular flexibility index (Phi) is 6.13. The van der Waals surface area contributed by atoms with E-state index >= 15 is 0 Å². The van der Waals surface area contributed by atoms with Gasteiger partial charge in [0.05, 0.1) is 0 Å². The molecule has 3 rings (SSSR count). The molecule has 2 aliphatic heterocycles. The Hall–Kier alpha value is -1.27. The lowest BCUT2D eigenvalue weighted by Crippen LogP contribution is -2.51. The first-order valence-corrected chi connectivity index (χ1v) is 10.4. The quantitative estimate of drug-likeness (QED) is 0.794. The van der Waals surface area contributed by atoms with Gasteiger partial charge >= 0.3 is 6.09 Å². The van der Waals surface area contributed by atoms with Gasteiger partial charge < -0.3 is 14.9 Å². The van der Waals surface area contributed by atoms with Crippen LogP contribution in [0, 0.1) is 11.3 Å². The van der Waals surface area contributed by atoms with Crippen molar-refractivity contribution in [3.8, 4) is 0 Å². The highest BCUT2D eigenvalue weighted by Crippen LogP contribution is 2.36. The molecule has 2 saturated heterocycles. The summed E-state index contributed by atoms with van der Waals surface area (Å²) in [5.74, 6) is 0.600. The van der Waals surface area contributed by atoms with Crippen molar-refractivity contribution in [1.29, 1.82) is 0 Å². The number of piperazine rings is 1. The van der Waals surface area contributed by atoms with Crippen LogP contribution in [0.2, 0.25) is 0 Å². The minimum absolute atomic E-state index is 0.227. The molecule has 0 radical (unpaired) electrons. The highest BCUT2D eigenvalue weighted by molar-refractivity contribution is 9.10. The molecule has 0 bridgehead atoms. The number of anilines is 1. The number of piperidine rings is 1. The van der Waals surface area contributed by atoms with Gasteiger partial charge in [-0.1, -0.05) is 29.8 Å². The first kappa shape index (κ1) is 19.5. The van der Waals surface area contributed by atoms with E-state index in [9.17, 15) is 4.79 Å². The molecule has 0 saturated carbocycles. The molecule has 2 heterocycles. The van der Waals surface area contributed by atoms with Gasteiger partial charge in [-0.25, -0.2) is 4.79 Å². The molecule has 1 amide bonds. The summed E-state index contributed by atoms with van der Waals surface area (Å²) >= 11 is 3.50. The first-order chi connectivity index (χ1) is 12.3. The van der Waals surface area contributed by atoms with Gasteiger partial charge in [-0.2, -0.15) is 0 Å². The Morgan fingerprint density at radius 3 is 2.19 bits per heavy atom. The molecule has 1 aromatic rings. The third-order valence-corrected chi connectivity index (χ3v) is 6.59. The van der Waals surface area contributed by atoms with Crippen molar-refractivity contribution in [1.82, 2.24) is 9.80 Å². The predicted octanol–water partition coefficient (Wildman–Crippen LogP) is 3.99. The predicted molar refractivity (Wildman–Crippen MR) is 109 cm³/mol. The second-order valence-electron chi connectivity index (χ2n) is 8.27. The van der Waals surface area contributed by atoms with E-state index in [0.717, 1.165) is 50.0 Å². The number of amides is 1. The van der Waals surface area contributed by atoms with Crippen LogP contribution in [0.5, 0.6) is 0 Å². The largest absolute Gasteiger partial charge is 0.465 e. The number of carbonyl (C=O) groups is 1. The zero-order valence-corrected chi connectivity index (χ0v) is 17.4. The molecule has 0 atom stereocenters. The lowest BCUT2D eigenvalue weighted by Gasteiger charge is -2.44. The molecule has 6 heteroatoms. The van der Waals surface area contributed by atoms with Crippen molar-refractivity contribution in [3.05, 3.63) is 28.7 Å². The topological polar surface area (TPSA) is 47.0 Å². The number of halogens is 1. The van der Waals surface area contributed by atoms with Crippen LogP contribution in [0.3, 0.4) is 0 Å². The zero-order chi connectivity index (χ0) is 18.7. The Morgan fingerprint density at radius 2 is 1.65 bits per heavy atom. The average Bonchev–Trinajstić information content (AvgIpc) is 2.63. The van der Waals surface area contributed by atoms with Crippen molar-refractivity contribution in [3.63, 3.8) is 0 Å². The zero-order valence-electron chi connectivity index (χ0n) is 15.8. The van der Waals surface area contributed by atoms with Gasteiger partial charge in [0.25, 0.3) is 0 Å². The number of hydrogen-bond acceptors (Lipinski definition) is 3. The van der Waals surface area contributed by atoms with Gasteiger partial charge in [-0.3, -0.25) is 4.90 Å². The maximum atomic E-state index is 11.1. The summed E-state index contributed by atoms with van der Waals surface area (Å²) < 4.78 is 1.12. The summed E-state index contributed by atoms with van der Waals surface area (Å²) in [4.78, 5) is 17.7. The summed E-state index contributed by atoms with van der Waals surface area (Å²) in [6.45, 7) is 11.5. The summed E-state index contributed by atoms with van der Waals surface area (Å²) in [6.07, 6.45) is 1.20. The summed E-state index contributed by atoms with van der Waals surface area (Å²) in [5, 5.41) is 9.13. The van der Waals surface area contributed by atoms with Crippen molar-refractivity contribution >= 4 is 27.7 Å². The van der Waals surface area contributed by atoms with Gasteiger partial charge in [-0.15, -0.1) is 0 Å². The average molecular weight is 424 g/mol. The van der Waals surface area contributed by atoms with Crippen LogP contribution < -0.4 is 4.90 Å². The SMILES string of the molecule is CC(C)(CN1CCN(c2ccc(Br)cc2)CC1)C1CCN(C(=O)O)CC1. The highest BCUT2D eigenvalue weighted by atomic mass is 79.9. The van der Waals surface area contributed by atoms with Gasteiger partial charge in [0, 0.05) is 56.0 Å². The fraction of sp³-hybridized carbons (Fsp3) is 0.650. The molecule has 144 valence electrons. The molecule has 0 aliphatic carbocycles. The molecule has 0 spiro atoms. The summed E-state index contributed by atoms with van der Waals surface area (Å²) in [5.41, 5.74) is 1.53. The Labute approximate surface area is 165 Å². The minimum atomic E-state index is -0.773. The van der Waals surface area contributed by atoms with E-state index in [1.165, 1.54) is 5.69 Å². The standard InChI is InChI=1S/C20H30BrN3O2/c1-20(2,16-7-9-24(10-8-16)19(25)26)15-22-11-13-23(14-12-22)18-5-3-17(21)4-6-18/h3-6,16H,7-15H2,1-2H3,(H,25,26). The lowest BCUT2D eigenvalue weighted by atomic mass is 9.73. The third kappa shape index (κ3) is 4.71. The lowest BCUT2D eigenvalue weighted by molar-refractivity contribution is 0.0606. The Bertz CT molecular complexity index is 604. The van der Waals surface area contributed by atoms with Crippen LogP contribution in [-0.2, 0) is 0 Å². The van der Waals surface area contributed by atoms with E-state index in [2.05, 4.69) is 63.8 Å². The minimum Gasteiger partial charge on any atom is -0.465 e. The normalized spacial score (nSPS) is 20.4. The second-order valence-corrected chi connectivity index (χ2v) is 9.19. The van der Waals surface area contributed by atoms with Crippen LogP contribution in [0.1, 0.15) is 26.7 Å². The van der Waals surface area contributed by atoms with Gasteiger partial charge in [0.1, 0.15) is 0 Å². The number of rotatable bonds is 4. The van der Waals surface area contributed by atoms with E-state index in [-0.39, 0.29) is 5.41 Å². The molecule has 2 fully saturated rings. The molecular formula is C20H30BrN3O2. The second kappa shape index (κ2) is 8.17. The van der Waals surface area contributed by atoms with E-state index in [1.807, 2.05) is 0 Å². The molecule has 26 heavy (non-hydrogen) atoms. The summed E-state index contributed by atoms with van der Waals surface area (Å²) in [6, 6.07) is 8.57. The van der Waals surface area contributed by atoms with Gasteiger partial charge in [0.15, 0.2) is 0 Å². The Morgan fingerprint density at radius 1 is 1.08 bits per heavy atom. The number of nitrogens with zero attached hydrogens (tertiary/aromatic N) is 3. The number of hydrogen-bond donors (Lipinski definition) is 1. The molecule has 1 N–H and O–H groups in total. The van der Waals surface area contributed by atoms with Crippen molar-refractivity contribution in [2.75, 3.05) is 50.7 Å². The third-order valence-electron chi connectivity index (χ3n) is 6.07. The highest BCUT2D eigenvalue weighted by Gasteiger charge is 2.35. The molecule has 2 aliphatic rings. The van der Waals surface area contributed by atoms with Crippen LogP contribution in [-0.4, -0.2) is 66.8 Å². The monoisotopic (exact) mass is 423 g/mol. The fourth-order valence-corrected chi connectivity index (χ4v) is 4.64. The van der Waals surface area contributed by atoms with Crippen LogP contribution in [0.25, 0.3) is 0 Å². The Balaban J connectivity index is 1.49. The van der Waals surface area contributed by atoms with Crippen molar-refractivity contribution in [2.45, 2.75) is 26.7 Å². The number of carboxylic acid groups (broad SMARTS) is 1. The van der Waals surface area contributed by atoms with Gasteiger partial charge in [-0.05, 0) is 48.4 Å². The summed E-state index contributed by atoms with van der Waals surface area (Å²) in [7, 11) is 0. The van der Waals surface area contributed by atoms with Gasteiger partial charge in [0.2, 0.25) is 0 Å². The molecule has 5 nitrogen and oxygen atoms in total. The molecule has 0 aromatic heterocycles. The maximum Gasteiger partial charge on any atom is 0.407 e. The fourth-order valence-electron chi connectivity index (χ4n) is 4.37. The first-order valence-electron chi connectivity index (χ1n) is 9.56. The van der Waals surface area contributed by atoms with Crippen molar-refractivity contribution in [2.24, 2.45) is 11.3 Å². The van der Waals surface area contributed by atoms with E-state index < -0.39 is 6.09 Å². The van der Waals surface area contributed by atoms with Crippen molar-refractivity contribution < 1.29 is 9.90 Å². The molecular weight excluding hydrogens is 394 g/mol. The molecule has 0 unspecified atom stereocenters. The maximum absolute atomic E-state index is 11.1. The van der Waals surface area contributed by atoms with E-state index in [0.29, 0.717) is 19.0 Å². The number of benzene rings is 1. The smallest absolute Gasteiger partial charge is 0.407 e.